The predicted molar refractivity (Wildman–Crippen MR) is 137 cm³/mol. The average Bonchev–Trinajstić information content (AvgIpc) is 3.12. The van der Waals surface area contributed by atoms with Gasteiger partial charge in [0.25, 0.3) is 0 Å². The van der Waals surface area contributed by atoms with Crippen molar-refractivity contribution < 1.29 is 4.79 Å². The maximum atomic E-state index is 12.2. The summed E-state index contributed by atoms with van der Waals surface area (Å²) in [4.78, 5) is 12.2. The van der Waals surface area contributed by atoms with Crippen LogP contribution in [0.15, 0.2) is 12.7 Å². The Bertz CT molecular complexity index is 655. The van der Waals surface area contributed by atoms with Gasteiger partial charge in [0.15, 0.2) is 0 Å². The van der Waals surface area contributed by atoms with E-state index in [0.717, 1.165) is 54.8 Å². The van der Waals surface area contributed by atoms with E-state index >= 15 is 0 Å². The first kappa shape index (κ1) is 25.8. The Morgan fingerprint density at radius 3 is 2.38 bits per heavy atom. The van der Waals surface area contributed by atoms with Gasteiger partial charge in [-0.2, -0.15) is 0 Å². The van der Waals surface area contributed by atoms with E-state index in [1.807, 2.05) is 13.8 Å². The Hall–Kier alpha value is -0.790. The molecule has 184 valence electrons. The SMILES string of the molecule is C=C[C@H]1CC2NC(=O)CC[C@]2(C)C2CC[C@]3(C)C(C(C)CCCC(C)C)CCC3C21.CC. The number of allylic oxidation sites excluding steroid dienone is 1. The van der Waals surface area contributed by atoms with Crippen molar-refractivity contribution in [2.45, 2.75) is 119 Å². The molecule has 1 aliphatic heterocycles. The van der Waals surface area contributed by atoms with Gasteiger partial charge in [-0.3, -0.25) is 4.79 Å². The minimum absolute atomic E-state index is 0.274. The number of nitrogens with one attached hydrogen (secondary N) is 1. The summed E-state index contributed by atoms with van der Waals surface area (Å²) >= 11 is 0. The molecule has 0 aromatic heterocycles. The van der Waals surface area contributed by atoms with Gasteiger partial charge in [0.05, 0.1) is 0 Å². The Kier molecular flexibility index (Phi) is 8.25. The molecule has 1 N–H and O–H groups in total. The van der Waals surface area contributed by atoms with E-state index in [9.17, 15) is 4.79 Å². The van der Waals surface area contributed by atoms with Gasteiger partial charge in [-0.15, -0.1) is 6.58 Å². The molecule has 0 aromatic carbocycles. The lowest BCUT2D eigenvalue weighted by atomic mass is 9.44. The molecule has 1 amide bonds. The van der Waals surface area contributed by atoms with Gasteiger partial charge < -0.3 is 5.32 Å². The summed E-state index contributed by atoms with van der Waals surface area (Å²) in [6.07, 6.45) is 15.0. The third-order valence-corrected chi connectivity index (χ3v) is 10.7. The van der Waals surface area contributed by atoms with Gasteiger partial charge in [-0.05, 0) is 90.8 Å². The first-order valence-electron chi connectivity index (χ1n) is 14.1. The molecule has 3 saturated carbocycles. The first-order chi connectivity index (χ1) is 15.2. The summed E-state index contributed by atoms with van der Waals surface area (Å²) in [5.74, 6) is 5.84. The molecule has 2 heteroatoms. The van der Waals surface area contributed by atoms with Gasteiger partial charge in [-0.1, -0.05) is 73.8 Å². The van der Waals surface area contributed by atoms with Crippen molar-refractivity contribution >= 4 is 5.91 Å². The fourth-order valence-electron chi connectivity index (χ4n) is 9.03. The fraction of sp³-hybridized carbons (Fsp3) is 0.900. The quantitative estimate of drug-likeness (QED) is 0.414. The molecule has 0 aromatic rings. The highest BCUT2D eigenvalue weighted by molar-refractivity contribution is 5.77. The van der Waals surface area contributed by atoms with Gasteiger partial charge in [0.2, 0.25) is 5.91 Å². The van der Waals surface area contributed by atoms with E-state index in [4.69, 9.17) is 0 Å². The van der Waals surface area contributed by atoms with Crippen LogP contribution in [0.4, 0.5) is 0 Å². The van der Waals surface area contributed by atoms with Crippen molar-refractivity contribution in [3.8, 4) is 0 Å². The molecular weight excluding hydrogens is 390 g/mol. The van der Waals surface area contributed by atoms with Crippen LogP contribution in [0, 0.1) is 52.3 Å². The second kappa shape index (κ2) is 10.2. The Labute approximate surface area is 199 Å². The van der Waals surface area contributed by atoms with E-state index in [1.165, 1.54) is 44.9 Å². The van der Waals surface area contributed by atoms with Crippen LogP contribution >= 0.6 is 0 Å². The second-order valence-corrected chi connectivity index (χ2v) is 12.6. The van der Waals surface area contributed by atoms with Crippen molar-refractivity contribution in [2.75, 3.05) is 0 Å². The summed E-state index contributed by atoms with van der Waals surface area (Å²) < 4.78 is 0. The lowest BCUT2D eigenvalue weighted by Crippen LogP contribution is -2.63. The number of rotatable bonds is 6. The van der Waals surface area contributed by atoms with Crippen molar-refractivity contribution in [3.05, 3.63) is 12.7 Å². The molecule has 2 nitrogen and oxygen atoms in total. The topological polar surface area (TPSA) is 29.1 Å². The predicted octanol–water partition coefficient (Wildman–Crippen LogP) is 8.02. The normalized spacial score (nSPS) is 43.8. The minimum atomic E-state index is 0.274. The summed E-state index contributed by atoms with van der Waals surface area (Å²) in [6.45, 7) is 20.8. The monoisotopic (exact) mass is 443 g/mol. The van der Waals surface area contributed by atoms with E-state index < -0.39 is 0 Å². The van der Waals surface area contributed by atoms with Crippen LogP contribution in [-0.4, -0.2) is 11.9 Å². The molecule has 1 heterocycles. The Balaban J connectivity index is 0.00000141. The van der Waals surface area contributed by atoms with Crippen LogP contribution in [0.25, 0.3) is 0 Å². The molecule has 9 atom stereocenters. The summed E-state index contributed by atoms with van der Waals surface area (Å²) in [5, 5.41) is 3.40. The van der Waals surface area contributed by atoms with Gasteiger partial charge in [0, 0.05) is 12.5 Å². The minimum Gasteiger partial charge on any atom is -0.353 e. The van der Waals surface area contributed by atoms with Gasteiger partial charge >= 0.3 is 0 Å². The van der Waals surface area contributed by atoms with Gasteiger partial charge in [-0.25, -0.2) is 0 Å². The van der Waals surface area contributed by atoms with E-state index in [-0.39, 0.29) is 5.91 Å². The maximum absolute atomic E-state index is 12.2. The zero-order chi connectivity index (χ0) is 23.7. The molecule has 1 saturated heterocycles. The lowest BCUT2D eigenvalue weighted by molar-refractivity contribution is -0.142. The van der Waals surface area contributed by atoms with Crippen LogP contribution in [0.5, 0.6) is 0 Å². The van der Waals surface area contributed by atoms with E-state index in [1.54, 1.807) is 0 Å². The number of piperidine rings is 1. The maximum Gasteiger partial charge on any atom is 0.220 e. The van der Waals surface area contributed by atoms with Crippen LogP contribution in [-0.2, 0) is 4.79 Å². The van der Waals surface area contributed by atoms with Gasteiger partial charge in [0.1, 0.15) is 0 Å². The first-order valence-corrected chi connectivity index (χ1v) is 14.1. The molecule has 4 aliphatic rings. The molecule has 32 heavy (non-hydrogen) atoms. The summed E-state index contributed by atoms with van der Waals surface area (Å²) in [5.41, 5.74) is 0.807. The molecule has 3 aliphatic carbocycles. The highest BCUT2D eigenvalue weighted by atomic mass is 16.1. The number of hydrogen-bond acceptors (Lipinski definition) is 1. The largest absolute Gasteiger partial charge is 0.353 e. The number of carbonyl (C=O) groups is 1. The van der Waals surface area contributed by atoms with E-state index in [2.05, 4.69) is 52.6 Å². The van der Waals surface area contributed by atoms with Crippen LogP contribution in [0.3, 0.4) is 0 Å². The number of hydrogen-bond donors (Lipinski definition) is 1. The van der Waals surface area contributed by atoms with Crippen molar-refractivity contribution in [3.63, 3.8) is 0 Å². The molecule has 0 bridgehead atoms. The number of carbonyl (C=O) groups excluding carboxylic acids is 1. The fourth-order valence-corrected chi connectivity index (χ4v) is 9.03. The molecule has 0 radical (unpaired) electrons. The van der Waals surface area contributed by atoms with Crippen LogP contribution in [0.1, 0.15) is 113 Å². The molecule has 6 unspecified atom stereocenters. The summed E-state index contributed by atoms with van der Waals surface area (Å²) in [7, 11) is 0. The summed E-state index contributed by atoms with van der Waals surface area (Å²) in [6, 6.07) is 0.361. The standard InChI is InChI=1S/C28H47NO.C2H6/c1-7-20-17-24-28(6,16-14-25(30)29-24)23-13-15-27(5)21(11-12-22(27)26(20)23)19(4)10-8-9-18(2)3;1-2/h7,18-24,26H,1,8-17H2,2-6H3,(H,29,30);1-2H3/t19?,20-,21?,22?,23?,24?,26?,27+,28+;/m0./s1. The zero-order valence-corrected chi connectivity index (χ0v) is 22.4. The van der Waals surface area contributed by atoms with Crippen molar-refractivity contribution in [1.82, 2.24) is 5.32 Å². The van der Waals surface area contributed by atoms with Crippen LogP contribution < -0.4 is 5.32 Å². The average molecular weight is 444 g/mol. The second-order valence-electron chi connectivity index (χ2n) is 12.6. The lowest BCUT2D eigenvalue weighted by Gasteiger charge is -2.62. The zero-order valence-electron chi connectivity index (χ0n) is 22.4. The van der Waals surface area contributed by atoms with E-state index in [0.29, 0.717) is 22.8 Å². The third kappa shape index (κ3) is 4.46. The molecule has 4 rings (SSSR count). The Morgan fingerprint density at radius 1 is 1.03 bits per heavy atom. The Morgan fingerprint density at radius 2 is 1.72 bits per heavy atom. The van der Waals surface area contributed by atoms with Crippen LogP contribution in [0.2, 0.25) is 0 Å². The molecular formula is C30H53NO. The number of amides is 1. The van der Waals surface area contributed by atoms with Crippen molar-refractivity contribution in [2.24, 2.45) is 52.3 Å². The molecule has 4 fully saturated rings. The highest BCUT2D eigenvalue weighted by Gasteiger charge is 2.62. The smallest absolute Gasteiger partial charge is 0.220 e. The number of fused-ring (bicyclic) bond motifs is 5. The van der Waals surface area contributed by atoms with Crippen molar-refractivity contribution in [1.29, 1.82) is 0 Å². The third-order valence-electron chi connectivity index (χ3n) is 10.7. The molecule has 0 spiro atoms. The highest BCUT2D eigenvalue weighted by Crippen LogP contribution is 2.68.